The number of aromatic nitrogens is 1. The molecule has 1 amide bonds. The third-order valence-corrected chi connectivity index (χ3v) is 3.79. The maximum atomic E-state index is 13.7. The van der Waals surface area contributed by atoms with Crippen LogP contribution in [0.25, 0.3) is 0 Å². The van der Waals surface area contributed by atoms with Crippen molar-refractivity contribution in [2.24, 2.45) is 0 Å². The fraction of sp³-hybridized carbons (Fsp3) is 0.0769. The molecule has 0 saturated heterocycles. The van der Waals surface area contributed by atoms with Gasteiger partial charge in [0.2, 0.25) is 0 Å². The van der Waals surface area contributed by atoms with Crippen LogP contribution >= 0.6 is 31.9 Å². The van der Waals surface area contributed by atoms with Gasteiger partial charge in [-0.15, -0.1) is 0 Å². The highest BCUT2D eigenvalue weighted by Crippen LogP contribution is 2.22. The zero-order chi connectivity index (χ0) is 14.9. The van der Waals surface area contributed by atoms with Crippen molar-refractivity contribution in [2.45, 2.75) is 6.92 Å². The molecule has 1 N–H and O–H groups in total. The van der Waals surface area contributed by atoms with Crippen molar-refractivity contribution < 1.29 is 13.6 Å². The van der Waals surface area contributed by atoms with E-state index in [4.69, 9.17) is 0 Å². The lowest BCUT2D eigenvalue weighted by Gasteiger charge is -2.08. The Kier molecular flexibility index (Phi) is 4.49. The number of nitrogens with zero attached hydrogens (tertiary/aromatic N) is 1. The Balaban J connectivity index is 2.31. The van der Waals surface area contributed by atoms with E-state index in [9.17, 15) is 13.6 Å². The van der Waals surface area contributed by atoms with E-state index < -0.39 is 23.1 Å². The Hall–Kier alpha value is -1.34. The van der Waals surface area contributed by atoms with Crippen LogP contribution in [0.5, 0.6) is 0 Å². The molecule has 20 heavy (non-hydrogen) atoms. The Morgan fingerprint density at radius 3 is 2.35 bits per heavy atom. The summed E-state index contributed by atoms with van der Waals surface area (Å²) in [6.45, 7) is 1.79. The van der Waals surface area contributed by atoms with Gasteiger partial charge in [0.15, 0.2) is 0 Å². The molecule has 0 saturated carbocycles. The van der Waals surface area contributed by atoms with Gasteiger partial charge in [-0.1, -0.05) is 15.9 Å². The minimum Gasteiger partial charge on any atom is -0.320 e. The lowest BCUT2D eigenvalue weighted by molar-refractivity contribution is 0.101. The van der Waals surface area contributed by atoms with Gasteiger partial charge in [-0.05, 0) is 46.6 Å². The topological polar surface area (TPSA) is 42.0 Å². The molecule has 0 aliphatic rings. The largest absolute Gasteiger partial charge is 0.320 e. The summed E-state index contributed by atoms with van der Waals surface area (Å²) in [6, 6.07) is 3.70. The van der Waals surface area contributed by atoms with Gasteiger partial charge in [0, 0.05) is 4.47 Å². The zero-order valence-corrected chi connectivity index (χ0v) is 13.3. The van der Waals surface area contributed by atoms with Gasteiger partial charge in [-0.3, -0.25) is 4.79 Å². The number of benzene rings is 1. The summed E-state index contributed by atoms with van der Waals surface area (Å²) in [5.41, 5.74) is 0.519. The highest BCUT2D eigenvalue weighted by atomic mass is 79.9. The van der Waals surface area contributed by atoms with Crippen LogP contribution in [0.4, 0.5) is 14.5 Å². The normalized spacial score (nSPS) is 10.4. The number of carbonyl (C=O) groups is 1. The van der Waals surface area contributed by atoms with Gasteiger partial charge in [0.25, 0.3) is 5.91 Å². The monoisotopic (exact) mass is 404 g/mol. The minimum absolute atomic E-state index is 0.227. The fourth-order valence-corrected chi connectivity index (χ4v) is 2.20. The van der Waals surface area contributed by atoms with Crippen LogP contribution in [0.15, 0.2) is 33.5 Å². The van der Waals surface area contributed by atoms with Crippen molar-refractivity contribution in [3.63, 3.8) is 0 Å². The first kappa shape index (κ1) is 15.1. The van der Waals surface area contributed by atoms with Crippen molar-refractivity contribution in [1.29, 1.82) is 0 Å². The Morgan fingerprint density at radius 1 is 1.20 bits per heavy atom. The molecule has 1 aromatic heterocycles. The van der Waals surface area contributed by atoms with Crippen LogP contribution in [0.1, 0.15) is 15.9 Å². The number of pyridine rings is 1. The first-order chi connectivity index (χ1) is 9.38. The van der Waals surface area contributed by atoms with Crippen LogP contribution in [-0.2, 0) is 0 Å². The van der Waals surface area contributed by atoms with Gasteiger partial charge in [-0.25, -0.2) is 13.8 Å². The number of anilines is 1. The number of nitrogens with one attached hydrogen (secondary N) is 1. The molecule has 0 unspecified atom stereocenters. The third kappa shape index (κ3) is 3.21. The summed E-state index contributed by atoms with van der Waals surface area (Å²) in [5.74, 6) is -2.73. The van der Waals surface area contributed by atoms with E-state index in [0.717, 1.165) is 17.7 Å². The number of hydrogen-bond acceptors (Lipinski definition) is 2. The molecule has 2 aromatic rings. The molecule has 0 aliphatic heterocycles. The standard InChI is InChI=1S/C13H8Br2F2N2O/c1-6-2-8(5-18-12(6)15)19-13(20)11-9(16)3-7(14)4-10(11)17/h2-5H,1H3,(H,19,20). The first-order valence-electron chi connectivity index (χ1n) is 5.46. The summed E-state index contributed by atoms with van der Waals surface area (Å²) in [6.07, 6.45) is 1.39. The Labute approximate surface area is 130 Å². The van der Waals surface area contributed by atoms with Crippen molar-refractivity contribution in [2.75, 3.05) is 5.32 Å². The second kappa shape index (κ2) is 5.97. The average Bonchev–Trinajstić information content (AvgIpc) is 2.32. The molecule has 3 nitrogen and oxygen atoms in total. The molecule has 2 rings (SSSR count). The Morgan fingerprint density at radius 2 is 1.80 bits per heavy atom. The van der Waals surface area contributed by atoms with E-state index in [1.54, 1.807) is 13.0 Å². The van der Waals surface area contributed by atoms with E-state index in [-0.39, 0.29) is 4.47 Å². The van der Waals surface area contributed by atoms with E-state index >= 15 is 0 Å². The number of aryl methyl sites for hydroxylation is 1. The number of rotatable bonds is 2. The van der Waals surface area contributed by atoms with Crippen LogP contribution in [0, 0.1) is 18.6 Å². The lowest BCUT2D eigenvalue weighted by atomic mass is 10.2. The van der Waals surface area contributed by atoms with Gasteiger partial charge >= 0.3 is 0 Å². The molecule has 0 spiro atoms. The predicted octanol–water partition coefficient (Wildman–Crippen LogP) is 4.45. The van der Waals surface area contributed by atoms with Crippen molar-refractivity contribution in [1.82, 2.24) is 4.98 Å². The molecule has 7 heteroatoms. The second-order valence-electron chi connectivity index (χ2n) is 4.03. The number of hydrogen-bond donors (Lipinski definition) is 1. The van der Waals surface area contributed by atoms with Crippen molar-refractivity contribution in [3.8, 4) is 0 Å². The summed E-state index contributed by atoms with van der Waals surface area (Å²) in [4.78, 5) is 15.9. The molecule has 1 aromatic carbocycles. The van der Waals surface area contributed by atoms with Gasteiger partial charge in [0.05, 0.1) is 11.9 Å². The highest BCUT2D eigenvalue weighted by molar-refractivity contribution is 9.10. The number of carbonyl (C=O) groups excluding carboxylic acids is 1. The molecule has 0 aliphatic carbocycles. The smallest absolute Gasteiger partial charge is 0.261 e. The first-order valence-corrected chi connectivity index (χ1v) is 7.05. The average molecular weight is 406 g/mol. The van der Waals surface area contributed by atoms with Crippen molar-refractivity contribution in [3.05, 3.63) is 56.2 Å². The molecule has 0 bridgehead atoms. The predicted molar refractivity (Wildman–Crippen MR) is 78.7 cm³/mol. The highest BCUT2D eigenvalue weighted by Gasteiger charge is 2.18. The van der Waals surface area contributed by atoms with Crippen LogP contribution < -0.4 is 5.32 Å². The van der Waals surface area contributed by atoms with Crippen LogP contribution in [-0.4, -0.2) is 10.9 Å². The molecule has 1 heterocycles. The number of amides is 1. The quantitative estimate of drug-likeness (QED) is 0.750. The molecular weight excluding hydrogens is 398 g/mol. The van der Waals surface area contributed by atoms with E-state index in [1.165, 1.54) is 6.20 Å². The zero-order valence-electron chi connectivity index (χ0n) is 10.2. The maximum absolute atomic E-state index is 13.7. The maximum Gasteiger partial charge on any atom is 0.261 e. The molecule has 104 valence electrons. The summed E-state index contributed by atoms with van der Waals surface area (Å²) in [5, 5.41) is 2.41. The second-order valence-corrected chi connectivity index (χ2v) is 5.70. The molecule has 0 radical (unpaired) electrons. The fourth-order valence-electron chi connectivity index (χ4n) is 1.58. The van der Waals surface area contributed by atoms with Gasteiger partial charge in [0.1, 0.15) is 21.8 Å². The van der Waals surface area contributed by atoms with Gasteiger partial charge in [-0.2, -0.15) is 0 Å². The van der Waals surface area contributed by atoms with E-state index in [0.29, 0.717) is 10.3 Å². The lowest BCUT2D eigenvalue weighted by Crippen LogP contribution is -2.16. The van der Waals surface area contributed by atoms with Gasteiger partial charge < -0.3 is 5.32 Å². The van der Waals surface area contributed by atoms with E-state index in [2.05, 4.69) is 42.2 Å². The van der Waals surface area contributed by atoms with Crippen LogP contribution in [0.2, 0.25) is 0 Å². The summed E-state index contributed by atoms with van der Waals surface area (Å²) >= 11 is 6.18. The number of halogens is 4. The molecular formula is C13H8Br2F2N2O. The van der Waals surface area contributed by atoms with Crippen LogP contribution in [0.3, 0.4) is 0 Å². The molecule has 0 fully saturated rings. The molecule has 0 atom stereocenters. The summed E-state index contributed by atoms with van der Waals surface area (Å²) < 4.78 is 28.2. The van der Waals surface area contributed by atoms with Crippen molar-refractivity contribution >= 4 is 43.5 Å². The Bertz CT molecular complexity index is 669. The minimum atomic E-state index is -0.934. The third-order valence-electron chi connectivity index (χ3n) is 2.51. The summed E-state index contributed by atoms with van der Waals surface area (Å²) in [7, 11) is 0. The SMILES string of the molecule is Cc1cc(NC(=O)c2c(F)cc(Br)cc2F)cnc1Br. The van der Waals surface area contributed by atoms with E-state index in [1.807, 2.05) is 0 Å².